The average Bonchev–Trinajstić information content (AvgIpc) is 2.65. The number of terminal acetylenes is 1. The molecule has 6 heteroatoms. The van der Waals surface area contributed by atoms with Gasteiger partial charge >= 0.3 is 0 Å². The standard InChI is InChI=1S/C19H24N2O3S/c1-2-13-20-25(23,24)17-11-9-16(10-12-17)19(22)21-14-5-7-15-6-3-4-8-18(15)21/h1,9-12,15,18,20H,3-8,13-14H2/t15-,18-/m0/s1. The molecule has 1 aliphatic carbocycles. The van der Waals surface area contributed by atoms with Crippen LogP contribution in [-0.2, 0) is 10.0 Å². The molecule has 1 aromatic rings. The topological polar surface area (TPSA) is 66.5 Å². The molecule has 25 heavy (non-hydrogen) atoms. The van der Waals surface area contributed by atoms with E-state index in [1.807, 2.05) is 4.90 Å². The second-order valence-corrected chi connectivity index (χ2v) is 8.57. The van der Waals surface area contributed by atoms with Crippen LogP contribution in [-0.4, -0.2) is 38.4 Å². The van der Waals surface area contributed by atoms with Crippen molar-refractivity contribution in [3.63, 3.8) is 0 Å². The van der Waals surface area contributed by atoms with Gasteiger partial charge in [0.2, 0.25) is 10.0 Å². The highest BCUT2D eigenvalue weighted by Crippen LogP contribution is 2.35. The number of benzene rings is 1. The zero-order valence-electron chi connectivity index (χ0n) is 14.3. The number of nitrogens with zero attached hydrogens (tertiary/aromatic N) is 1. The molecule has 0 unspecified atom stereocenters. The normalized spacial score (nSPS) is 23.6. The van der Waals surface area contributed by atoms with E-state index in [2.05, 4.69) is 10.6 Å². The van der Waals surface area contributed by atoms with Crippen LogP contribution in [0.25, 0.3) is 0 Å². The van der Waals surface area contributed by atoms with Gasteiger partial charge in [-0.1, -0.05) is 18.8 Å². The SMILES string of the molecule is C#CCNS(=O)(=O)c1ccc(C(=O)N2CCC[C@@H]3CCCC[C@@H]32)cc1. The van der Waals surface area contributed by atoms with Crippen molar-refractivity contribution in [2.45, 2.75) is 49.5 Å². The van der Waals surface area contributed by atoms with Crippen LogP contribution >= 0.6 is 0 Å². The van der Waals surface area contributed by atoms with Gasteiger partial charge < -0.3 is 4.90 Å². The second-order valence-electron chi connectivity index (χ2n) is 6.81. The van der Waals surface area contributed by atoms with Crippen LogP contribution in [0.2, 0.25) is 0 Å². The van der Waals surface area contributed by atoms with Crippen molar-refractivity contribution in [2.75, 3.05) is 13.1 Å². The summed E-state index contributed by atoms with van der Waals surface area (Å²) in [7, 11) is -3.63. The zero-order chi connectivity index (χ0) is 17.9. The molecule has 1 saturated heterocycles. The lowest BCUT2D eigenvalue weighted by Crippen LogP contribution is -2.49. The lowest BCUT2D eigenvalue weighted by Gasteiger charge is -2.44. The van der Waals surface area contributed by atoms with Crippen LogP contribution in [0.3, 0.4) is 0 Å². The van der Waals surface area contributed by atoms with Gasteiger partial charge in [0.1, 0.15) is 0 Å². The number of sulfonamides is 1. The van der Waals surface area contributed by atoms with Crippen LogP contribution in [0, 0.1) is 18.3 Å². The van der Waals surface area contributed by atoms with Crippen LogP contribution in [0.15, 0.2) is 29.2 Å². The maximum Gasteiger partial charge on any atom is 0.254 e. The van der Waals surface area contributed by atoms with E-state index in [1.165, 1.54) is 37.8 Å². The molecule has 0 spiro atoms. The predicted molar refractivity (Wildman–Crippen MR) is 96.5 cm³/mol. The van der Waals surface area contributed by atoms with E-state index in [9.17, 15) is 13.2 Å². The van der Waals surface area contributed by atoms with Crippen LogP contribution < -0.4 is 4.72 Å². The molecule has 0 radical (unpaired) electrons. The summed E-state index contributed by atoms with van der Waals surface area (Å²) in [4.78, 5) is 15.0. The minimum absolute atomic E-state index is 0.0112. The van der Waals surface area contributed by atoms with Gasteiger partial charge in [-0.3, -0.25) is 4.79 Å². The van der Waals surface area contributed by atoms with Gasteiger partial charge in [0.15, 0.2) is 0 Å². The molecule has 0 bridgehead atoms. The fourth-order valence-electron chi connectivity index (χ4n) is 4.04. The van der Waals surface area contributed by atoms with Gasteiger partial charge in [0.05, 0.1) is 11.4 Å². The molecule has 2 aliphatic rings. The highest BCUT2D eigenvalue weighted by Gasteiger charge is 2.35. The summed E-state index contributed by atoms with van der Waals surface area (Å²) in [5, 5.41) is 0. The largest absolute Gasteiger partial charge is 0.335 e. The first-order valence-corrected chi connectivity index (χ1v) is 10.4. The zero-order valence-corrected chi connectivity index (χ0v) is 15.1. The van der Waals surface area contributed by atoms with Crippen molar-refractivity contribution in [2.24, 2.45) is 5.92 Å². The molecule has 1 aliphatic heterocycles. The molecule has 1 amide bonds. The van der Waals surface area contributed by atoms with Gasteiger partial charge in [-0.2, -0.15) is 4.72 Å². The van der Waals surface area contributed by atoms with E-state index < -0.39 is 10.0 Å². The number of piperidine rings is 1. The van der Waals surface area contributed by atoms with Crippen molar-refractivity contribution >= 4 is 15.9 Å². The van der Waals surface area contributed by atoms with Crippen LogP contribution in [0.1, 0.15) is 48.9 Å². The minimum Gasteiger partial charge on any atom is -0.335 e. The van der Waals surface area contributed by atoms with Gasteiger partial charge in [0.25, 0.3) is 5.91 Å². The Morgan fingerprint density at radius 1 is 1.16 bits per heavy atom. The van der Waals surface area contributed by atoms with Gasteiger partial charge in [0, 0.05) is 18.2 Å². The number of rotatable bonds is 4. The summed E-state index contributed by atoms with van der Waals surface area (Å²) >= 11 is 0. The average molecular weight is 360 g/mol. The number of amides is 1. The maximum atomic E-state index is 12.9. The third kappa shape index (κ3) is 3.88. The quantitative estimate of drug-likeness (QED) is 0.839. The van der Waals surface area contributed by atoms with E-state index >= 15 is 0 Å². The van der Waals surface area contributed by atoms with Crippen molar-refractivity contribution in [1.29, 1.82) is 0 Å². The molecule has 0 aromatic heterocycles. The number of carbonyl (C=O) groups is 1. The first-order chi connectivity index (χ1) is 12.0. The van der Waals surface area contributed by atoms with Crippen LogP contribution in [0.4, 0.5) is 0 Å². The molecular formula is C19H24N2O3S. The van der Waals surface area contributed by atoms with Crippen molar-refractivity contribution < 1.29 is 13.2 Å². The molecule has 2 atom stereocenters. The molecule has 2 fully saturated rings. The summed E-state index contributed by atoms with van der Waals surface area (Å²) in [6.07, 6.45) is 12.1. The Balaban J connectivity index is 1.75. The smallest absolute Gasteiger partial charge is 0.254 e. The van der Waals surface area contributed by atoms with Gasteiger partial charge in [-0.25, -0.2) is 8.42 Å². The highest BCUT2D eigenvalue weighted by molar-refractivity contribution is 7.89. The van der Waals surface area contributed by atoms with Crippen LogP contribution in [0.5, 0.6) is 0 Å². The molecule has 1 aromatic carbocycles. The fraction of sp³-hybridized carbons (Fsp3) is 0.526. The number of hydrogen-bond donors (Lipinski definition) is 1. The number of hydrogen-bond acceptors (Lipinski definition) is 3. The Morgan fingerprint density at radius 2 is 1.84 bits per heavy atom. The van der Waals surface area contributed by atoms with Crippen molar-refractivity contribution in [1.82, 2.24) is 9.62 Å². The Kier molecular flexibility index (Phi) is 5.45. The monoisotopic (exact) mass is 360 g/mol. The lowest BCUT2D eigenvalue weighted by atomic mass is 9.78. The van der Waals surface area contributed by atoms with E-state index in [-0.39, 0.29) is 17.3 Å². The van der Waals surface area contributed by atoms with E-state index in [4.69, 9.17) is 6.42 Å². The number of nitrogens with one attached hydrogen (secondary N) is 1. The summed E-state index contributed by atoms with van der Waals surface area (Å²) < 4.78 is 26.4. The van der Waals surface area contributed by atoms with Crippen molar-refractivity contribution in [3.05, 3.63) is 29.8 Å². The lowest BCUT2D eigenvalue weighted by molar-refractivity contribution is 0.0390. The third-order valence-corrected chi connectivity index (χ3v) is 6.70. The summed E-state index contributed by atoms with van der Waals surface area (Å²) in [6, 6.07) is 6.47. The number of likely N-dealkylation sites (tertiary alicyclic amines) is 1. The Bertz CT molecular complexity index is 763. The molecule has 134 valence electrons. The molecule has 1 heterocycles. The number of carbonyl (C=O) groups excluding carboxylic acids is 1. The fourth-order valence-corrected chi connectivity index (χ4v) is 4.97. The molecular weight excluding hydrogens is 336 g/mol. The Labute approximate surface area is 149 Å². The Hall–Kier alpha value is -1.84. The van der Waals surface area contributed by atoms with Gasteiger partial charge in [-0.15, -0.1) is 6.42 Å². The van der Waals surface area contributed by atoms with Crippen molar-refractivity contribution in [3.8, 4) is 12.3 Å². The van der Waals surface area contributed by atoms with E-state index in [0.717, 1.165) is 19.4 Å². The van der Waals surface area contributed by atoms with Gasteiger partial charge in [-0.05, 0) is 55.9 Å². The Morgan fingerprint density at radius 3 is 2.56 bits per heavy atom. The molecule has 1 saturated carbocycles. The summed E-state index contributed by atoms with van der Waals surface area (Å²) in [5.41, 5.74) is 0.544. The molecule has 1 N–H and O–H groups in total. The highest BCUT2D eigenvalue weighted by atomic mass is 32.2. The predicted octanol–water partition coefficient (Wildman–Crippen LogP) is 2.39. The molecule has 5 nitrogen and oxygen atoms in total. The maximum absolute atomic E-state index is 12.9. The summed E-state index contributed by atoms with van der Waals surface area (Å²) in [6.45, 7) is 0.740. The molecule has 3 rings (SSSR count). The van der Waals surface area contributed by atoms with E-state index in [1.54, 1.807) is 12.1 Å². The second kappa shape index (κ2) is 7.59. The minimum atomic E-state index is -3.63. The van der Waals surface area contributed by atoms with E-state index in [0.29, 0.717) is 17.5 Å². The summed E-state index contributed by atoms with van der Waals surface area (Å²) in [5.74, 6) is 2.88. The number of fused-ring (bicyclic) bond motifs is 1. The third-order valence-electron chi connectivity index (χ3n) is 5.28. The first-order valence-electron chi connectivity index (χ1n) is 8.87. The first kappa shape index (κ1) is 18.0.